The molecule has 142 valence electrons. The van der Waals surface area contributed by atoms with E-state index in [0.29, 0.717) is 5.92 Å². The SMILES string of the molecule is CC(=O)c1ccc(N2CCN(C(=S)Nc3ccc(C(C)C)cc3)CC2)cc1. The topological polar surface area (TPSA) is 35.6 Å². The first-order valence-electron chi connectivity index (χ1n) is 9.46. The van der Waals surface area contributed by atoms with Gasteiger partial charge in [-0.25, -0.2) is 0 Å². The number of thiocarbonyl (C=S) groups is 1. The van der Waals surface area contributed by atoms with Crippen molar-refractivity contribution in [1.29, 1.82) is 0 Å². The first-order chi connectivity index (χ1) is 12.9. The van der Waals surface area contributed by atoms with E-state index in [4.69, 9.17) is 12.2 Å². The lowest BCUT2D eigenvalue weighted by Crippen LogP contribution is -2.50. The molecule has 0 aromatic heterocycles. The van der Waals surface area contributed by atoms with Gasteiger partial charge in [-0.3, -0.25) is 4.79 Å². The van der Waals surface area contributed by atoms with Gasteiger partial charge in [-0.05, 0) is 67.0 Å². The first-order valence-corrected chi connectivity index (χ1v) is 9.86. The zero-order valence-electron chi connectivity index (χ0n) is 16.2. The van der Waals surface area contributed by atoms with E-state index < -0.39 is 0 Å². The maximum atomic E-state index is 11.4. The molecule has 0 amide bonds. The maximum absolute atomic E-state index is 11.4. The molecular weight excluding hydrogens is 354 g/mol. The van der Waals surface area contributed by atoms with Gasteiger partial charge in [0.1, 0.15) is 0 Å². The molecule has 5 heteroatoms. The fourth-order valence-corrected chi connectivity index (χ4v) is 3.53. The summed E-state index contributed by atoms with van der Waals surface area (Å²) in [6.07, 6.45) is 0. The van der Waals surface area contributed by atoms with Crippen LogP contribution in [0, 0.1) is 0 Å². The van der Waals surface area contributed by atoms with E-state index >= 15 is 0 Å². The molecular formula is C22H27N3OS. The van der Waals surface area contributed by atoms with Crippen molar-refractivity contribution in [3.8, 4) is 0 Å². The number of ketones is 1. The van der Waals surface area contributed by atoms with Gasteiger partial charge in [0.15, 0.2) is 10.9 Å². The Morgan fingerprint density at radius 3 is 2.07 bits per heavy atom. The second-order valence-electron chi connectivity index (χ2n) is 7.28. The molecule has 0 atom stereocenters. The summed E-state index contributed by atoms with van der Waals surface area (Å²) < 4.78 is 0. The molecule has 1 N–H and O–H groups in total. The van der Waals surface area contributed by atoms with Gasteiger partial charge in [0, 0.05) is 43.1 Å². The van der Waals surface area contributed by atoms with Crippen LogP contribution in [0.3, 0.4) is 0 Å². The zero-order chi connectivity index (χ0) is 19.4. The van der Waals surface area contributed by atoms with Crippen molar-refractivity contribution >= 4 is 34.5 Å². The number of hydrogen-bond donors (Lipinski definition) is 1. The standard InChI is InChI=1S/C22H27N3OS/c1-16(2)18-4-8-20(9-5-18)23-22(27)25-14-12-24(13-15-25)21-10-6-19(7-11-21)17(3)26/h4-11,16H,12-15H2,1-3H3,(H,23,27). The third-order valence-electron chi connectivity index (χ3n) is 5.03. The number of rotatable bonds is 4. The van der Waals surface area contributed by atoms with Gasteiger partial charge in [-0.15, -0.1) is 0 Å². The number of nitrogens with one attached hydrogen (secondary N) is 1. The Hall–Kier alpha value is -2.40. The zero-order valence-corrected chi connectivity index (χ0v) is 17.1. The smallest absolute Gasteiger partial charge is 0.173 e. The Morgan fingerprint density at radius 2 is 1.56 bits per heavy atom. The van der Waals surface area contributed by atoms with Crippen LogP contribution < -0.4 is 10.2 Å². The molecule has 0 radical (unpaired) electrons. The Kier molecular flexibility index (Phi) is 6.11. The summed E-state index contributed by atoms with van der Waals surface area (Å²) in [4.78, 5) is 16.0. The monoisotopic (exact) mass is 381 g/mol. The van der Waals surface area contributed by atoms with Crippen molar-refractivity contribution in [1.82, 2.24) is 4.90 Å². The maximum Gasteiger partial charge on any atom is 0.173 e. The molecule has 0 bridgehead atoms. The van der Waals surface area contributed by atoms with Gasteiger partial charge in [-0.2, -0.15) is 0 Å². The number of anilines is 2. The number of carbonyl (C=O) groups excluding carboxylic acids is 1. The molecule has 2 aromatic carbocycles. The Balaban J connectivity index is 1.53. The van der Waals surface area contributed by atoms with Crippen LogP contribution in [0.15, 0.2) is 48.5 Å². The van der Waals surface area contributed by atoms with Crippen molar-refractivity contribution in [2.75, 3.05) is 36.4 Å². The lowest BCUT2D eigenvalue weighted by Gasteiger charge is -2.37. The summed E-state index contributed by atoms with van der Waals surface area (Å²) in [5.41, 5.74) is 4.27. The number of hydrogen-bond acceptors (Lipinski definition) is 3. The average molecular weight is 382 g/mol. The third kappa shape index (κ3) is 4.86. The van der Waals surface area contributed by atoms with Crippen LogP contribution in [0.5, 0.6) is 0 Å². The fraction of sp³-hybridized carbons (Fsp3) is 0.364. The van der Waals surface area contributed by atoms with Crippen molar-refractivity contribution < 1.29 is 4.79 Å². The molecule has 27 heavy (non-hydrogen) atoms. The van der Waals surface area contributed by atoms with Crippen LogP contribution >= 0.6 is 12.2 Å². The van der Waals surface area contributed by atoms with E-state index in [-0.39, 0.29) is 5.78 Å². The van der Waals surface area contributed by atoms with Gasteiger partial charge in [-0.1, -0.05) is 26.0 Å². The highest BCUT2D eigenvalue weighted by molar-refractivity contribution is 7.80. The quantitative estimate of drug-likeness (QED) is 0.622. The van der Waals surface area contributed by atoms with Gasteiger partial charge in [0.2, 0.25) is 0 Å². The van der Waals surface area contributed by atoms with Crippen LogP contribution in [-0.4, -0.2) is 42.0 Å². The largest absolute Gasteiger partial charge is 0.368 e. The molecule has 1 aliphatic heterocycles. The summed E-state index contributed by atoms with van der Waals surface area (Å²) in [7, 11) is 0. The van der Waals surface area contributed by atoms with E-state index in [0.717, 1.165) is 48.2 Å². The number of nitrogens with zero attached hydrogens (tertiary/aromatic N) is 2. The van der Waals surface area contributed by atoms with Crippen molar-refractivity contribution in [2.24, 2.45) is 0 Å². The Labute approximate surface area is 167 Å². The predicted molar refractivity (Wildman–Crippen MR) is 117 cm³/mol. The van der Waals surface area contributed by atoms with Crippen LogP contribution in [0.2, 0.25) is 0 Å². The number of piperazine rings is 1. The van der Waals surface area contributed by atoms with Gasteiger partial charge < -0.3 is 15.1 Å². The first kappa shape index (κ1) is 19.4. The summed E-state index contributed by atoms with van der Waals surface area (Å²) in [5.74, 6) is 0.632. The normalized spacial score (nSPS) is 14.4. The highest BCUT2D eigenvalue weighted by Gasteiger charge is 2.19. The summed E-state index contributed by atoms with van der Waals surface area (Å²) >= 11 is 5.60. The molecule has 0 unspecified atom stereocenters. The molecule has 3 rings (SSSR count). The van der Waals surface area contributed by atoms with Gasteiger partial charge >= 0.3 is 0 Å². The third-order valence-corrected chi connectivity index (χ3v) is 5.39. The lowest BCUT2D eigenvalue weighted by molar-refractivity contribution is 0.101. The minimum absolute atomic E-state index is 0.101. The fourth-order valence-electron chi connectivity index (χ4n) is 3.23. The van der Waals surface area contributed by atoms with E-state index in [9.17, 15) is 4.79 Å². The summed E-state index contributed by atoms with van der Waals surface area (Å²) in [5, 5.41) is 4.13. The molecule has 1 saturated heterocycles. The lowest BCUT2D eigenvalue weighted by atomic mass is 10.0. The second kappa shape index (κ2) is 8.53. The average Bonchev–Trinajstić information content (AvgIpc) is 2.68. The molecule has 4 nitrogen and oxygen atoms in total. The number of carbonyl (C=O) groups is 1. The van der Waals surface area contributed by atoms with Crippen LogP contribution in [0.4, 0.5) is 11.4 Å². The molecule has 1 fully saturated rings. The molecule has 0 aliphatic carbocycles. The summed E-state index contributed by atoms with van der Waals surface area (Å²) in [6, 6.07) is 16.3. The minimum atomic E-state index is 0.101. The molecule has 2 aromatic rings. The van der Waals surface area contributed by atoms with Crippen molar-refractivity contribution in [3.05, 3.63) is 59.7 Å². The molecule has 0 spiro atoms. The molecule has 1 heterocycles. The number of benzene rings is 2. The van der Waals surface area contributed by atoms with E-state index in [1.165, 1.54) is 5.56 Å². The van der Waals surface area contributed by atoms with Gasteiger partial charge in [0.25, 0.3) is 0 Å². The highest BCUT2D eigenvalue weighted by atomic mass is 32.1. The summed E-state index contributed by atoms with van der Waals surface area (Å²) in [6.45, 7) is 9.56. The van der Waals surface area contributed by atoms with Gasteiger partial charge in [0.05, 0.1) is 0 Å². The Morgan fingerprint density at radius 1 is 0.963 bits per heavy atom. The van der Waals surface area contributed by atoms with Crippen LogP contribution in [-0.2, 0) is 0 Å². The predicted octanol–water partition coefficient (Wildman–Crippen LogP) is 4.53. The van der Waals surface area contributed by atoms with E-state index in [1.54, 1.807) is 6.92 Å². The highest BCUT2D eigenvalue weighted by Crippen LogP contribution is 2.20. The van der Waals surface area contributed by atoms with E-state index in [1.807, 2.05) is 24.3 Å². The Bertz CT molecular complexity index is 791. The number of Topliss-reactive ketones (excluding diaryl/α,β-unsaturated/α-hetero) is 1. The van der Waals surface area contributed by atoms with Crippen LogP contribution in [0.25, 0.3) is 0 Å². The minimum Gasteiger partial charge on any atom is -0.368 e. The molecule has 1 aliphatic rings. The molecule has 0 saturated carbocycles. The second-order valence-corrected chi connectivity index (χ2v) is 7.67. The van der Waals surface area contributed by atoms with E-state index in [2.05, 4.69) is 53.2 Å². The van der Waals surface area contributed by atoms with Crippen LogP contribution in [0.1, 0.15) is 42.6 Å². The van der Waals surface area contributed by atoms with Crippen molar-refractivity contribution in [3.63, 3.8) is 0 Å². The van der Waals surface area contributed by atoms with Crippen molar-refractivity contribution in [2.45, 2.75) is 26.7 Å².